The first-order valence-corrected chi connectivity index (χ1v) is 8.56. The fraction of sp³-hybridized carbons (Fsp3) is 0.529. The quantitative estimate of drug-likeness (QED) is 0.700. The summed E-state index contributed by atoms with van der Waals surface area (Å²) >= 11 is 5.61. The molecular weight excluding hydrogens is 332 g/mol. The van der Waals surface area contributed by atoms with E-state index in [0.717, 1.165) is 0 Å². The minimum atomic E-state index is -0.0891. The van der Waals surface area contributed by atoms with Crippen molar-refractivity contribution in [3.05, 3.63) is 24.3 Å². The number of alkyl halides is 1. The summed E-state index contributed by atoms with van der Waals surface area (Å²) in [6.07, 6.45) is 1.15. The van der Waals surface area contributed by atoms with Crippen molar-refractivity contribution >= 4 is 23.4 Å². The van der Waals surface area contributed by atoms with E-state index in [1.165, 1.54) is 0 Å². The molecule has 0 atom stereocenters. The molecule has 0 bridgehead atoms. The topological polar surface area (TPSA) is 59.1 Å². The number of halogens is 1. The van der Waals surface area contributed by atoms with E-state index >= 15 is 0 Å². The third kappa shape index (κ3) is 5.03. The Hall–Kier alpha value is -1.95. The molecule has 2 amide bonds. The molecule has 0 aliphatic carbocycles. The summed E-state index contributed by atoms with van der Waals surface area (Å²) in [5.41, 5.74) is 0. The minimum Gasteiger partial charge on any atom is -0.493 e. The van der Waals surface area contributed by atoms with E-state index in [1.807, 2.05) is 12.1 Å². The highest BCUT2D eigenvalue weighted by Crippen LogP contribution is 2.25. The molecule has 1 saturated heterocycles. The first kappa shape index (κ1) is 18.4. The Morgan fingerprint density at radius 3 is 2.21 bits per heavy atom. The summed E-state index contributed by atoms with van der Waals surface area (Å²) < 4.78 is 10.8. The lowest BCUT2D eigenvalue weighted by Crippen LogP contribution is -2.51. The van der Waals surface area contributed by atoms with Crippen molar-refractivity contribution in [2.45, 2.75) is 12.8 Å². The molecule has 1 fully saturated rings. The number of hydrogen-bond donors (Lipinski definition) is 0. The van der Waals surface area contributed by atoms with Gasteiger partial charge in [-0.1, -0.05) is 12.1 Å². The van der Waals surface area contributed by atoms with Gasteiger partial charge in [0.05, 0.1) is 7.11 Å². The molecule has 0 N–H and O–H groups in total. The number of para-hydroxylation sites is 2. The number of ether oxygens (including phenoxy) is 2. The zero-order valence-corrected chi connectivity index (χ0v) is 14.6. The molecule has 0 spiro atoms. The van der Waals surface area contributed by atoms with Crippen LogP contribution in [0.2, 0.25) is 0 Å². The van der Waals surface area contributed by atoms with Gasteiger partial charge in [0.25, 0.3) is 5.91 Å². The van der Waals surface area contributed by atoms with Crippen molar-refractivity contribution in [2.24, 2.45) is 0 Å². The van der Waals surface area contributed by atoms with Crippen molar-refractivity contribution in [1.82, 2.24) is 9.80 Å². The number of piperazine rings is 1. The second-order valence-corrected chi connectivity index (χ2v) is 5.87. The highest BCUT2D eigenvalue weighted by Gasteiger charge is 2.24. The molecular formula is C17H23ClN2O4. The van der Waals surface area contributed by atoms with Crippen LogP contribution in [-0.2, 0) is 9.59 Å². The normalized spacial score (nSPS) is 14.4. The second kappa shape index (κ2) is 9.37. The number of carbonyl (C=O) groups is 2. The Morgan fingerprint density at radius 1 is 1.04 bits per heavy atom. The lowest BCUT2D eigenvalue weighted by molar-refractivity contribution is -0.140. The van der Waals surface area contributed by atoms with Gasteiger partial charge in [0.15, 0.2) is 18.1 Å². The van der Waals surface area contributed by atoms with E-state index in [9.17, 15) is 9.59 Å². The number of benzene rings is 1. The third-order valence-corrected chi connectivity index (χ3v) is 4.20. The molecule has 1 aromatic rings. The summed E-state index contributed by atoms with van der Waals surface area (Å²) in [5, 5.41) is 0. The van der Waals surface area contributed by atoms with Crippen LogP contribution in [0.25, 0.3) is 0 Å². The van der Waals surface area contributed by atoms with Gasteiger partial charge in [-0.3, -0.25) is 9.59 Å². The molecule has 132 valence electrons. The lowest BCUT2D eigenvalue weighted by atomic mass is 10.2. The molecule has 1 heterocycles. The van der Waals surface area contributed by atoms with Gasteiger partial charge in [-0.2, -0.15) is 0 Å². The average Bonchev–Trinajstić information content (AvgIpc) is 2.64. The van der Waals surface area contributed by atoms with Crippen molar-refractivity contribution in [1.29, 1.82) is 0 Å². The van der Waals surface area contributed by atoms with E-state index in [2.05, 4.69) is 0 Å². The van der Waals surface area contributed by atoms with Crippen LogP contribution < -0.4 is 9.47 Å². The highest BCUT2D eigenvalue weighted by atomic mass is 35.5. The maximum absolute atomic E-state index is 12.3. The van der Waals surface area contributed by atoms with E-state index in [0.29, 0.717) is 56.4 Å². The molecule has 7 heteroatoms. The van der Waals surface area contributed by atoms with Gasteiger partial charge >= 0.3 is 0 Å². The SMILES string of the molecule is COc1ccccc1OCC(=O)N1CCN(C(=O)CCCCl)CC1. The Labute approximate surface area is 147 Å². The Bertz CT molecular complexity index is 559. The molecule has 1 aliphatic heterocycles. The standard InChI is InChI=1S/C17H23ClN2O4/c1-23-14-5-2-3-6-15(14)24-13-17(22)20-11-9-19(10-12-20)16(21)7-4-8-18/h2-3,5-6H,4,7-13H2,1H3. The van der Waals surface area contributed by atoms with Gasteiger partial charge in [-0.15, -0.1) is 11.6 Å². The average molecular weight is 355 g/mol. The fourth-order valence-corrected chi connectivity index (χ4v) is 2.68. The van der Waals surface area contributed by atoms with Crippen molar-refractivity contribution in [3.8, 4) is 11.5 Å². The van der Waals surface area contributed by atoms with E-state index < -0.39 is 0 Å². The Morgan fingerprint density at radius 2 is 1.62 bits per heavy atom. The molecule has 6 nitrogen and oxygen atoms in total. The molecule has 0 saturated carbocycles. The number of amides is 2. The minimum absolute atomic E-state index is 0.0411. The summed E-state index contributed by atoms with van der Waals surface area (Å²) in [6.45, 7) is 2.13. The van der Waals surface area contributed by atoms with Crippen molar-refractivity contribution in [3.63, 3.8) is 0 Å². The predicted molar refractivity (Wildman–Crippen MR) is 91.6 cm³/mol. The first-order chi connectivity index (χ1) is 11.7. The molecule has 1 aliphatic rings. The van der Waals surface area contributed by atoms with Gasteiger partial charge in [-0.25, -0.2) is 0 Å². The van der Waals surface area contributed by atoms with Gasteiger partial charge in [0.1, 0.15) is 0 Å². The van der Waals surface area contributed by atoms with Crippen LogP contribution in [0.1, 0.15) is 12.8 Å². The van der Waals surface area contributed by atoms with Crippen LogP contribution in [0.4, 0.5) is 0 Å². The molecule has 0 unspecified atom stereocenters. The van der Waals surface area contributed by atoms with Crippen LogP contribution >= 0.6 is 11.6 Å². The number of rotatable bonds is 7. The summed E-state index contributed by atoms with van der Waals surface area (Å²) in [4.78, 5) is 27.7. The summed E-state index contributed by atoms with van der Waals surface area (Å²) in [7, 11) is 1.56. The van der Waals surface area contributed by atoms with E-state index in [1.54, 1.807) is 29.0 Å². The molecule has 0 aromatic heterocycles. The van der Waals surface area contributed by atoms with Gasteiger partial charge in [0, 0.05) is 38.5 Å². The zero-order chi connectivity index (χ0) is 17.4. The van der Waals surface area contributed by atoms with Gasteiger partial charge in [-0.05, 0) is 18.6 Å². The van der Waals surface area contributed by atoms with E-state index in [4.69, 9.17) is 21.1 Å². The largest absolute Gasteiger partial charge is 0.493 e. The molecule has 0 radical (unpaired) electrons. The predicted octanol–water partition coefficient (Wildman–Crippen LogP) is 1.76. The second-order valence-electron chi connectivity index (χ2n) is 5.49. The lowest BCUT2D eigenvalue weighted by Gasteiger charge is -2.34. The number of methoxy groups -OCH3 is 1. The maximum Gasteiger partial charge on any atom is 0.260 e. The molecule has 1 aromatic carbocycles. The van der Waals surface area contributed by atoms with E-state index in [-0.39, 0.29) is 18.4 Å². The first-order valence-electron chi connectivity index (χ1n) is 8.03. The maximum atomic E-state index is 12.3. The third-order valence-electron chi connectivity index (χ3n) is 3.93. The van der Waals surface area contributed by atoms with Crippen LogP contribution in [0.3, 0.4) is 0 Å². The monoisotopic (exact) mass is 354 g/mol. The van der Waals surface area contributed by atoms with Crippen molar-refractivity contribution in [2.75, 3.05) is 45.8 Å². The summed E-state index contributed by atoms with van der Waals surface area (Å²) in [6, 6.07) is 7.21. The van der Waals surface area contributed by atoms with Gasteiger partial charge in [0.2, 0.25) is 5.91 Å². The Balaban J connectivity index is 1.77. The number of nitrogens with zero attached hydrogens (tertiary/aromatic N) is 2. The van der Waals surface area contributed by atoms with Crippen LogP contribution in [0.5, 0.6) is 11.5 Å². The zero-order valence-electron chi connectivity index (χ0n) is 13.9. The van der Waals surface area contributed by atoms with Crippen LogP contribution in [-0.4, -0.2) is 67.4 Å². The number of hydrogen-bond acceptors (Lipinski definition) is 4. The highest BCUT2D eigenvalue weighted by molar-refractivity contribution is 6.17. The number of carbonyl (C=O) groups excluding carboxylic acids is 2. The van der Waals surface area contributed by atoms with Crippen molar-refractivity contribution < 1.29 is 19.1 Å². The van der Waals surface area contributed by atoms with Gasteiger partial charge < -0.3 is 19.3 Å². The van der Waals surface area contributed by atoms with Crippen LogP contribution in [0.15, 0.2) is 24.3 Å². The van der Waals surface area contributed by atoms with Crippen LogP contribution in [0, 0.1) is 0 Å². The fourth-order valence-electron chi connectivity index (χ4n) is 2.55. The smallest absolute Gasteiger partial charge is 0.260 e. The Kier molecular flexibility index (Phi) is 7.18. The molecule has 2 rings (SSSR count). The summed E-state index contributed by atoms with van der Waals surface area (Å²) in [5.74, 6) is 1.65. The molecule has 24 heavy (non-hydrogen) atoms.